The molecule has 0 atom stereocenters. The van der Waals surface area contributed by atoms with E-state index in [1.807, 2.05) is 12.1 Å². The van der Waals surface area contributed by atoms with Crippen LogP contribution in [0.15, 0.2) is 36.4 Å². The minimum absolute atomic E-state index is 0.0790. The highest BCUT2D eigenvalue weighted by Gasteiger charge is 2.44. The number of hydrogen-bond acceptors (Lipinski definition) is 7. The van der Waals surface area contributed by atoms with E-state index in [0.29, 0.717) is 33.5 Å². The average molecular weight is 719 g/mol. The van der Waals surface area contributed by atoms with Crippen molar-refractivity contribution in [3.05, 3.63) is 45.5 Å². The summed E-state index contributed by atoms with van der Waals surface area (Å²) in [5.74, 6) is -2.13. The molecular formula is C32H37F2IN6O3. The number of hydrogen-bond donors (Lipinski definition) is 2. The monoisotopic (exact) mass is 718 g/mol. The van der Waals surface area contributed by atoms with E-state index in [2.05, 4.69) is 49.2 Å². The molecule has 0 unspecified atom stereocenters. The van der Waals surface area contributed by atoms with E-state index >= 15 is 0 Å². The number of rotatable bonds is 5. The number of fused-ring (bicyclic) bond motifs is 1. The highest BCUT2D eigenvalue weighted by Crippen LogP contribution is 2.54. The summed E-state index contributed by atoms with van der Waals surface area (Å²) in [5.41, 5.74) is 1.72. The number of ether oxygens (including phenoxy) is 1. The molecular weight excluding hydrogens is 681 g/mol. The van der Waals surface area contributed by atoms with Crippen LogP contribution in [-0.4, -0.2) is 59.7 Å². The van der Waals surface area contributed by atoms with Gasteiger partial charge in [0.2, 0.25) is 0 Å². The molecule has 3 fully saturated rings. The number of halogens is 3. The van der Waals surface area contributed by atoms with Gasteiger partial charge in [0, 0.05) is 48.0 Å². The zero-order chi connectivity index (χ0) is 31.3. The normalized spacial score (nSPS) is 19.1. The van der Waals surface area contributed by atoms with Gasteiger partial charge >= 0.3 is 6.09 Å². The van der Waals surface area contributed by atoms with Crippen LogP contribution in [0.5, 0.6) is 0 Å². The number of piperidine rings is 2. The van der Waals surface area contributed by atoms with Gasteiger partial charge in [0.25, 0.3) is 11.8 Å². The molecule has 12 heteroatoms. The Morgan fingerprint density at radius 3 is 2.20 bits per heavy atom. The lowest BCUT2D eigenvalue weighted by atomic mass is 9.93. The van der Waals surface area contributed by atoms with Gasteiger partial charge in [0.1, 0.15) is 22.8 Å². The van der Waals surface area contributed by atoms with Gasteiger partial charge in [0.15, 0.2) is 5.82 Å². The summed E-state index contributed by atoms with van der Waals surface area (Å²) >= 11 is 2.27. The van der Waals surface area contributed by atoms with Gasteiger partial charge in [-0.2, -0.15) is 0 Å². The van der Waals surface area contributed by atoms with Gasteiger partial charge in [-0.1, -0.05) is 0 Å². The molecule has 1 aromatic carbocycles. The second-order valence-electron chi connectivity index (χ2n) is 13.2. The first-order chi connectivity index (χ1) is 20.8. The van der Waals surface area contributed by atoms with E-state index < -0.39 is 17.6 Å². The standard InChI is InChI=1S/C32H37F2IN6O3/c1-30(2,3)44-29(43)39-24-7-4-20-18-25(37-27(26(20)36-24)41-16-12-32(33,34)13-17-41)38-28(42)22-6-5-21(35)19-23(22)40-14-10-31(8-9-31)11-15-40/h4-7,18-19H,8-17H2,1-3H3,(H,36,39,43)(H,37,38,42). The van der Waals surface area contributed by atoms with Crippen molar-refractivity contribution < 1.29 is 23.1 Å². The van der Waals surface area contributed by atoms with Crippen LogP contribution in [0.4, 0.5) is 36.7 Å². The van der Waals surface area contributed by atoms with E-state index in [-0.39, 0.29) is 37.7 Å². The van der Waals surface area contributed by atoms with E-state index in [1.54, 1.807) is 43.9 Å². The number of anilines is 4. The van der Waals surface area contributed by atoms with Crippen molar-refractivity contribution >= 4 is 68.6 Å². The van der Waals surface area contributed by atoms with Crippen LogP contribution >= 0.6 is 22.6 Å². The Bertz CT molecular complexity index is 1590. The number of carbonyl (C=O) groups is 2. The van der Waals surface area contributed by atoms with Gasteiger partial charge in [-0.3, -0.25) is 10.1 Å². The van der Waals surface area contributed by atoms with E-state index in [1.165, 1.54) is 12.8 Å². The van der Waals surface area contributed by atoms with Crippen LogP contribution in [-0.2, 0) is 4.74 Å². The number of carbonyl (C=O) groups excluding carboxylic acids is 2. The molecule has 1 spiro atoms. The second-order valence-corrected chi connectivity index (χ2v) is 14.4. The third-order valence-corrected chi connectivity index (χ3v) is 9.32. The van der Waals surface area contributed by atoms with Gasteiger partial charge in [-0.15, -0.1) is 0 Å². The topological polar surface area (TPSA) is 99.7 Å². The Morgan fingerprint density at radius 1 is 0.864 bits per heavy atom. The molecule has 2 aromatic heterocycles. The molecule has 1 aliphatic carbocycles. The molecule has 2 aliphatic heterocycles. The number of nitrogens with zero attached hydrogens (tertiary/aromatic N) is 4. The van der Waals surface area contributed by atoms with Crippen molar-refractivity contribution in [1.29, 1.82) is 0 Å². The highest BCUT2D eigenvalue weighted by atomic mass is 127. The summed E-state index contributed by atoms with van der Waals surface area (Å²) in [6.07, 6.45) is 3.60. The maximum Gasteiger partial charge on any atom is 0.413 e. The summed E-state index contributed by atoms with van der Waals surface area (Å²) < 4.78 is 34.5. The summed E-state index contributed by atoms with van der Waals surface area (Å²) in [7, 11) is 0. The van der Waals surface area contributed by atoms with Gasteiger partial charge in [-0.05, 0) is 111 Å². The Hall–Kier alpha value is -3.29. The lowest BCUT2D eigenvalue weighted by Gasteiger charge is -2.35. The van der Waals surface area contributed by atoms with E-state index in [0.717, 1.165) is 35.2 Å². The highest BCUT2D eigenvalue weighted by molar-refractivity contribution is 14.1. The van der Waals surface area contributed by atoms with Crippen molar-refractivity contribution in [3.63, 3.8) is 0 Å². The van der Waals surface area contributed by atoms with Gasteiger partial charge < -0.3 is 19.9 Å². The lowest BCUT2D eigenvalue weighted by Crippen LogP contribution is -2.40. The number of pyridine rings is 2. The predicted molar refractivity (Wildman–Crippen MR) is 176 cm³/mol. The maximum atomic E-state index is 14.1. The fraction of sp³-hybridized carbons (Fsp3) is 0.500. The Kier molecular flexibility index (Phi) is 8.08. The van der Waals surface area contributed by atoms with Crippen molar-refractivity contribution in [3.8, 4) is 0 Å². The molecule has 234 valence electrons. The molecule has 6 rings (SSSR count). The molecule has 1 saturated carbocycles. The molecule has 3 aromatic rings. The maximum absolute atomic E-state index is 14.1. The van der Waals surface area contributed by atoms with Crippen LogP contribution < -0.4 is 20.4 Å². The fourth-order valence-corrected chi connectivity index (χ4v) is 6.44. The quantitative estimate of drug-likeness (QED) is 0.265. The number of nitrogens with one attached hydrogen (secondary N) is 2. The number of aromatic nitrogens is 2. The fourth-order valence-electron chi connectivity index (χ4n) is 5.96. The summed E-state index contributed by atoms with van der Waals surface area (Å²) in [6.45, 7) is 7.29. The minimum atomic E-state index is -2.75. The van der Waals surface area contributed by atoms with Crippen LogP contribution in [0.3, 0.4) is 0 Å². The summed E-state index contributed by atoms with van der Waals surface area (Å²) in [5, 5.41) is 6.26. The SMILES string of the molecule is CC(C)(C)OC(=O)Nc1ccc2cc(NC(=O)c3ccc(I)cc3N3CCC4(CC3)CC4)nc(N3CCC(F)(F)CC3)c2n1. The second kappa shape index (κ2) is 11.6. The third-order valence-electron chi connectivity index (χ3n) is 8.65. The molecule has 3 aliphatic rings. The lowest BCUT2D eigenvalue weighted by molar-refractivity contribution is -0.0221. The number of amides is 2. The number of alkyl halides is 2. The smallest absolute Gasteiger partial charge is 0.413 e. The van der Waals surface area contributed by atoms with Crippen molar-refractivity contribution in [1.82, 2.24) is 9.97 Å². The summed E-state index contributed by atoms with van der Waals surface area (Å²) in [4.78, 5) is 39.6. The molecule has 4 heterocycles. The Morgan fingerprint density at radius 2 is 1.55 bits per heavy atom. The van der Waals surface area contributed by atoms with Gasteiger partial charge in [-0.25, -0.2) is 23.5 Å². The van der Waals surface area contributed by atoms with Crippen LogP contribution in [0.25, 0.3) is 10.9 Å². The first-order valence-corrected chi connectivity index (χ1v) is 16.2. The molecule has 2 N–H and O–H groups in total. The van der Waals surface area contributed by atoms with Gasteiger partial charge in [0.05, 0.1) is 11.3 Å². The molecule has 0 radical (unpaired) electrons. The Labute approximate surface area is 269 Å². The molecule has 9 nitrogen and oxygen atoms in total. The van der Waals surface area contributed by atoms with Crippen molar-refractivity contribution in [2.75, 3.05) is 46.6 Å². The van der Waals surface area contributed by atoms with Crippen LogP contribution in [0.1, 0.15) is 69.7 Å². The van der Waals surface area contributed by atoms with E-state index in [4.69, 9.17) is 9.72 Å². The van der Waals surface area contributed by atoms with E-state index in [9.17, 15) is 18.4 Å². The third kappa shape index (κ3) is 7.00. The molecule has 2 amide bonds. The molecule has 44 heavy (non-hydrogen) atoms. The summed E-state index contributed by atoms with van der Waals surface area (Å²) in [6, 6.07) is 10.9. The van der Waals surface area contributed by atoms with Crippen LogP contribution in [0.2, 0.25) is 0 Å². The van der Waals surface area contributed by atoms with Crippen molar-refractivity contribution in [2.45, 2.75) is 70.8 Å². The predicted octanol–water partition coefficient (Wildman–Crippen LogP) is 7.45. The number of benzene rings is 1. The van der Waals surface area contributed by atoms with Crippen molar-refractivity contribution in [2.24, 2.45) is 5.41 Å². The average Bonchev–Trinajstić information content (AvgIpc) is 3.70. The van der Waals surface area contributed by atoms with Crippen LogP contribution in [0, 0.1) is 8.99 Å². The zero-order valence-electron chi connectivity index (χ0n) is 25.2. The largest absolute Gasteiger partial charge is 0.444 e. The first kappa shape index (κ1) is 30.7. The first-order valence-electron chi connectivity index (χ1n) is 15.1. The Balaban J connectivity index is 1.30. The minimum Gasteiger partial charge on any atom is -0.444 e. The molecule has 0 bridgehead atoms. The zero-order valence-corrected chi connectivity index (χ0v) is 27.3. The molecule has 2 saturated heterocycles.